The molecule has 6 heteroatoms. The fraction of sp³-hybridized carbons (Fsp3) is 0.685. The van der Waals surface area contributed by atoms with Crippen LogP contribution >= 0.6 is 0 Å². The highest BCUT2D eigenvalue weighted by Gasteiger charge is 2.19. The summed E-state index contributed by atoms with van der Waals surface area (Å²) in [6, 6.07) is 0. The lowest BCUT2D eigenvalue weighted by Gasteiger charge is -2.18. The van der Waals surface area contributed by atoms with Gasteiger partial charge in [-0.25, -0.2) is 0 Å². The Morgan fingerprint density at radius 2 is 0.494 bits per heavy atom. The molecule has 0 aliphatic carbocycles. The molecule has 0 aliphatic heterocycles. The summed E-state index contributed by atoms with van der Waals surface area (Å²) in [6.07, 6.45) is 92.2. The van der Waals surface area contributed by atoms with Crippen LogP contribution in [0, 0.1) is 0 Å². The molecule has 0 aliphatic rings. The smallest absolute Gasteiger partial charge is 0.306 e. The Labute approximate surface area is 488 Å². The fourth-order valence-electron chi connectivity index (χ4n) is 9.02. The molecule has 0 amide bonds. The first-order valence-corrected chi connectivity index (χ1v) is 33.0. The molecule has 0 saturated carbocycles. The molecule has 6 nitrogen and oxygen atoms in total. The quantitative estimate of drug-likeness (QED) is 0.0261. The van der Waals surface area contributed by atoms with Gasteiger partial charge in [-0.3, -0.25) is 14.4 Å². The van der Waals surface area contributed by atoms with E-state index < -0.39 is 6.10 Å². The molecule has 79 heavy (non-hydrogen) atoms. The van der Waals surface area contributed by atoms with E-state index in [1.54, 1.807) is 0 Å². The van der Waals surface area contributed by atoms with Crippen LogP contribution in [0.4, 0.5) is 0 Å². The zero-order valence-electron chi connectivity index (χ0n) is 51.6. The second-order valence-electron chi connectivity index (χ2n) is 21.6. The molecule has 0 spiro atoms. The molecule has 0 bridgehead atoms. The molecule has 0 fully saturated rings. The molecule has 1 atom stereocenters. The fourth-order valence-corrected chi connectivity index (χ4v) is 9.02. The van der Waals surface area contributed by atoms with Crippen molar-refractivity contribution in [2.75, 3.05) is 13.2 Å². The van der Waals surface area contributed by atoms with Crippen molar-refractivity contribution in [2.24, 2.45) is 0 Å². The van der Waals surface area contributed by atoms with Crippen LogP contribution in [-0.2, 0) is 28.6 Å². The summed E-state index contributed by atoms with van der Waals surface area (Å²) in [5, 5.41) is 0. The van der Waals surface area contributed by atoms with E-state index in [9.17, 15) is 14.4 Å². The molecule has 0 rings (SSSR count). The Kier molecular flexibility index (Phi) is 62.8. The van der Waals surface area contributed by atoms with E-state index in [1.807, 2.05) is 0 Å². The lowest BCUT2D eigenvalue weighted by Crippen LogP contribution is -2.30. The minimum Gasteiger partial charge on any atom is -0.462 e. The van der Waals surface area contributed by atoms with Gasteiger partial charge in [-0.2, -0.15) is 0 Å². The molecule has 450 valence electrons. The number of rotatable bonds is 59. The Hall–Kier alpha value is -4.19. The molecule has 0 aromatic rings. The third-order valence-electron chi connectivity index (χ3n) is 14.0. The zero-order valence-corrected chi connectivity index (χ0v) is 51.6. The second kappa shape index (κ2) is 66.3. The van der Waals surface area contributed by atoms with Gasteiger partial charge in [0.2, 0.25) is 0 Å². The number of carbonyl (C=O) groups excluding carboxylic acids is 3. The van der Waals surface area contributed by atoms with E-state index in [0.29, 0.717) is 19.3 Å². The van der Waals surface area contributed by atoms with Gasteiger partial charge in [0.25, 0.3) is 0 Å². The van der Waals surface area contributed by atoms with Gasteiger partial charge in [0, 0.05) is 19.3 Å². The molecular weight excluding hydrogens is 973 g/mol. The SMILES string of the molecule is CC/C=C\C/C=C\C/C=C\C/C=C\C/C=C\C/C=C\C/C=C\C/C=C\CCCCCCCCCCCCC(=O)OCC(COC(=O)CCCCCCCCCCCC)OC(=O)CCCCCCC/C=C\C/C=C\CCCCCC. The van der Waals surface area contributed by atoms with Crippen LogP contribution in [0.2, 0.25) is 0 Å². The van der Waals surface area contributed by atoms with E-state index in [2.05, 4.69) is 142 Å². The summed E-state index contributed by atoms with van der Waals surface area (Å²) in [6.45, 7) is 6.49. The highest BCUT2D eigenvalue weighted by Crippen LogP contribution is 2.16. The van der Waals surface area contributed by atoms with Crippen molar-refractivity contribution in [1.29, 1.82) is 0 Å². The van der Waals surface area contributed by atoms with Crippen molar-refractivity contribution in [3.05, 3.63) is 122 Å². The van der Waals surface area contributed by atoms with Crippen molar-refractivity contribution in [3.63, 3.8) is 0 Å². The summed E-state index contributed by atoms with van der Waals surface area (Å²) in [7, 11) is 0. The maximum Gasteiger partial charge on any atom is 0.306 e. The van der Waals surface area contributed by atoms with Gasteiger partial charge < -0.3 is 14.2 Å². The first-order chi connectivity index (χ1) is 39.0. The Balaban J connectivity index is 4.18. The zero-order chi connectivity index (χ0) is 57.1. The Bertz CT molecular complexity index is 1640. The number of esters is 3. The summed E-state index contributed by atoms with van der Waals surface area (Å²) in [4.78, 5) is 38.2. The molecule has 0 aromatic carbocycles. The van der Waals surface area contributed by atoms with Gasteiger partial charge in [0.15, 0.2) is 6.10 Å². The predicted molar refractivity (Wildman–Crippen MR) is 343 cm³/mol. The molecule has 0 heterocycles. The minimum atomic E-state index is -0.787. The Morgan fingerprint density at radius 3 is 0.785 bits per heavy atom. The number of hydrogen-bond acceptors (Lipinski definition) is 6. The minimum absolute atomic E-state index is 0.0833. The molecular formula is C73H122O6. The predicted octanol–water partition coefficient (Wildman–Crippen LogP) is 22.8. The molecule has 0 aromatic heterocycles. The van der Waals surface area contributed by atoms with Gasteiger partial charge in [0.1, 0.15) is 13.2 Å². The van der Waals surface area contributed by atoms with Crippen LogP contribution in [-0.4, -0.2) is 37.2 Å². The number of hydrogen-bond donors (Lipinski definition) is 0. The first kappa shape index (κ1) is 74.8. The van der Waals surface area contributed by atoms with Crippen LogP contribution in [0.5, 0.6) is 0 Å². The van der Waals surface area contributed by atoms with Gasteiger partial charge in [-0.05, 0) is 116 Å². The summed E-state index contributed by atoms with van der Waals surface area (Å²) < 4.78 is 16.9. The average Bonchev–Trinajstić information content (AvgIpc) is 3.45. The van der Waals surface area contributed by atoms with Crippen molar-refractivity contribution >= 4 is 17.9 Å². The summed E-state index contributed by atoms with van der Waals surface area (Å²) >= 11 is 0. The largest absolute Gasteiger partial charge is 0.462 e. The van der Waals surface area contributed by atoms with Gasteiger partial charge in [0.05, 0.1) is 0 Å². The van der Waals surface area contributed by atoms with E-state index >= 15 is 0 Å². The third kappa shape index (κ3) is 64.5. The molecule has 1 unspecified atom stereocenters. The number of carbonyl (C=O) groups is 3. The lowest BCUT2D eigenvalue weighted by atomic mass is 10.1. The van der Waals surface area contributed by atoms with Gasteiger partial charge in [-0.15, -0.1) is 0 Å². The van der Waals surface area contributed by atoms with Crippen LogP contribution < -0.4 is 0 Å². The van der Waals surface area contributed by atoms with Crippen LogP contribution in [0.1, 0.15) is 303 Å². The summed E-state index contributed by atoms with van der Waals surface area (Å²) in [5.74, 6) is -0.898. The van der Waals surface area contributed by atoms with Crippen molar-refractivity contribution in [2.45, 2.75) is 309 Å². The van der Waals surface area contributed by atoms with Crippen LogP contribution in [0.15, 0.2) is 122 Å². The lowest BCUT2D eigenvalue weighted by molar-refractivity contribution is -0.167. The van der Waals surface area contributed by atoms with Crippen molar-refractivity contribution in [3.8, 4) is 0 Å². The first-order valence-electron chi connectivity index (χ1n) is 33.0. The maximum atomic E-state index is 12.9. The van der Waals surface area contributed by atoms with Crippen LogP contribution in [0.3, 0.4) is 0 Å². The monoisotopic (exact) mass is 1090 g/mol. The van der Waals surface area contributed by atoms with Crippen molar-refractivity contribution in [1.82, 2.24) is 0 Å². The molecule has 0 saturated heterocycles. The second-order valence-corrected chi connectivity index (χ2v) is 21.6. The highest BCUT2D eigenvalue weighted by atomic mass is 16.6. The summed E-state index contributed by atoms with van der Waals surface area (Å²) in [5.41, 5.74) is 0. The van der Waals surface area contributed by atoms with E-state index in [0.717, 1.165) is 135 Å². The topological polar surface area (TPSA) is 78.9 Å². The van der Waals surface area contributed by atoms with Crippen molar-refractivity contribution < 1.29 is 28.6 Å². The van der Waals surface area contributed by atoms with Gasteiger partial charge >= 0.3 is 17.9 Å². The Morgan fingerprint density at radius 1 is 0.266 bits per heavy atom. The number of unbranched alkanes of at least 4 members (excludes halogenated alkanes) is 28. The number of ether oxygens (including phenoxy) is 3. The average molecular weight is 1100 g/mol. The highest BCUT2D eigenvalue weighted by molar-refractivity contribution is 5.71. The maximum absolute atomic E-state index is 12.9. The normalized spacial score (nSPS) is 12.9. The van der Waals surface area contributed by atoms with E-state index in [4.69, 9.17) is 14.2 Å². The standard InChI is InChI=1S/C73H122O6/c1-4-7-10-13-16-19-22-24-26-28-29-30-31-32-33-34-35-36-37-38-39-40-41-42-43-44-45-46-48-49-51-54-57-60-63-66-72(75)78-69-70(68-77-71(74)65-62-59-56-53-21-18-15-12-9-6-3)79-73(76)67-64-61-58-55-52-50-47-27-25-23-20-17-14-11-8-5-2/h7,10,16,19-20,23-24,26-27,29-30,32-33,35-36,38-39,41-42,47,70H,4-6,8-9,11-15,17-18,21-22,25,28,31,34,37,40,43-46,48-69H2,1-3H3/b10-7-,19-16-,23-20-,26-24-,30-29-,33-32-,36-35-,39-38-,42-41-,47-27-. The third-order valence-corrected chi connectivity index (χ3v) is 14.0. The van der Waals surface area contributed by atoms with Crippen LogP contribution in [0.25, 0.3) is 0 Å². The molecule has 0 radical (unpaired) electrons. The van der Waals surface area contributed by atoms with E-state index in [1.165, 1.54) is 128 Å². The molecule has 0 N–H and O–H groups in total. The number of allylic oxidation sites excluding steroid dienone is 20. The van der Waals surface area contributed by atoms with E-state index in [-0.39, 0.29) is 31.1 Å². The van der Waals surface area contributed by atoms with Gasteiger partial charge in [-0.1, -0.05) is 290 Å².